The van der Waals surface area contributed by atoms with Gasteiger partial charge in [-0.05, 0) is 32.4 Å². The van der Waals surface area contributed by atoms with Crippen molar-refractivity contribution < 1.29 is 4.79 Å². The third kappa shape index (κ3) is 3.82. The van der Waals surface area contributed by atoms with E-state index in [-0.39, 0.29) is 5.91 Å². The van der Waals surface area contributed by atoms with Crippen LogP contribution in [-0.4, -0.2) is 24.5 Å². The Hall–Kier alpha value is -1.42. The highest BCUT2D eigenvalue weighted by atomic mass is 16.2. The maximum absolute atomic E-state index is 11.6. The molecule has 0 aliphatic heterocycles. The molecule has 0 spiro atoms. The van der Waals surface area contributed by atoms with E-state index in [0.717, 1.165) is 11.3 Å². The van der Waals surface area contributed by atoms with Gasteiger partial charge in [0.2, 0.25) is 5.91 Å². The molecule has 4 nitrogen and oxygen atoms in total. The highest BCUT2D eigenvalue weighted by molar-refractivity contribution is 5.81. The second-order valence-electron chi connectivity index (χ2n) is 4.83. The summed E-state index contributed by atoms with van der Waals surface area (Å²) in [5, 5.41) is 5.95. The number of nitrogens with zero attached hydrogens (tertiary/aromatic N) is 1. The van der Waals surface area contributed by atoms with E-state index in [2.05, 4.69) is 15.6 Å². The van der Waals surface area contributed by atoms with E-state index in [9.17, 15) is 4.79 Å². The van der Waals surface area contributed by atoms with Crippen molar-refractivity contribution in [3.63, 3.8) is 0 Å². The Bertz CT molecular complexity index is 388. The zero-order valence-corrected chi connectivity index (χ0v) is 11.0. The third-order valence-corrected chi connectivity index (χ3v) is 2.82. The van der Waals surface area contributed by atoms with E-state index in [1.165, 1.54) is 0 Å². The summed E-state index contributed by atoms with van der Waals surface area (Å²) in [6.07, 6.45) is 1.79. The molecule has 0 saturated heterocycles. The highest BCUT2D eigenvalue weighted by Gasteiger charge is 2.25. The van der Waals surface area contributed by atoms with Crippen molar-refractivity contribution in [3.05, 3.63) is 29.6 Å². The van der Waals surface area contributed by atoms with Crippen molar-refractivity contribution >= 4 is 5.91 Å². The fourth-order valence-electron chi connectivity index (χ4n) is 1.62. The van der Waals surface area contributed by atoms with Crippen LogP contribution in [0.1, 0.15) is 25.1 Å². The molecule has 0 radical (unpaired) electrons. The summed E-state index contributed by atoms with van der Waals surface area (Å²) in [7, 11) is 1.66. The van der Waals surface area contributed by atoms with E-state index >= 15 is 0 Å². The minimum atomic E-state index is -0.405. The van der Waals surface area contributed by atoms with Crippen LogP contribution in [0.4, 0.5) is 0 Å². The lowest BCUT2D eigenvalue weighted by atomic mass is 9.92. The van der Waals surface area contributed by atoms with Crippen LogP contribution in [0.25, 0.3) is 0 Å². The molecule has 0 unspecified atom stereocenters. The van der Waals surface area contributed by atoms with Crippen LogP contribution in [0.3, 0.4) is 0 Å². The van der Waals surface area contributed by atoms with Crippen molar-refractivity contribution in [1.82, 2.24) is 15.6 Å². The second-order valence-corrected chi connectivity index (χ2v) is 4.83. The van der Waals surface area contributed by atoms with Gasteiger partial charge in [0.1, 0.15) is 0 Å². The lowest BCUT2D eigenvalue weighted by Crippen LogP contribution is -2.42. The van der Waals surface area contributed by atoms with E-state index in [0.29, 0.717) is 13.1 Å². The first kappa shape index (κ1) is 13.6. The van der Waals surface area contributed by atoms with Crippen molar-refractivity contribution in [3.8, 4) is 0 Å². The number of rotatable bonds is 5. The molecule has 94 valence electrons. The van der Waals surface area contributed by atoms with Crippen LogP contribution in [0, 0.1) is 12.3 Å². The van der Waals surface area contributed by atoms with Gasteiger partial charge in [0, 0.05) is 26.3 Å². The van der Waals surface area contributed by atoms with E-state index in [4.69, 9.17) is 0 Å². The molecule has 0 aromatic carbocycles. The molecule has 1 aromatic rings. The Morgan fingerprint density at radius 2 is 2.18 bits per heavy atom. The minimum Gasteiger partial charge on any atom is -0.359 e. The first-order valence-electron chi connectivity index (χ1n) is 5.81. The Morgan fingerprint density at radius 3 is 2.76 bits per heavy atom. The number of aryl methyl sites for hydroxylation is 1. The maximum atomic E-state index is 11.6. The van der Waals surface area contributed by atoms with Crippen LogP contribution < -0.4 is 10.6 Å². The Labute approximate surface area is 103 Å². The van der Waals surface area contributed by atoms with Gasteiger partial charge >= 0.3 is 0 Å². The lowest BCUT2D eigenvalue weighted by Gasteiger charge is -2.23. The molecule has 1 rings (SSSR count). The van der Waals surface area contributed by atoms with Gasteiger partial charge < -0.3 is 10.6 Å². The fourth-order valence-corrected chi connectivity index (χ4v) is 1.62. The first-order valence-corrected chi connectivity index (χ1v) is 5.81. The molecule has 1 heterocycles. The molecule has 1 aromatic heterocycles. The average Bonchev–Trinajstić information content (AvgIpc) is 2.30. The SMILES string of the molecule is CNC(=O)C(C)(C)CNCc1ncccc1C. The zero-order chi connectivity index (χ0) is 12.9. The molecule has 0 aliphatic carbocycles. The summed E-state index contributed by atoms with van der Waals surface area (Å²) in [6.45, 7) is 7.19. The molecule has 1 amide bonds. The Balaban J connectivity index is 2.48. The van der Waals surface area contributed by atoms with Crippen molar-refractivity contribution in [2.75, 3.05) is 13.6 Å². The van der Waals surface area contributed by atoms with Gasteiger partial charge in [-0.3, -0.25) is 9.78 Å². The van der Waals surface area contributed by atoms with Gasteiger partial charge in [0.25, 0.3) is 0 Å². The predicted molar refractivity (Wildman–Crippen MR) is 68.5 cm³/mol. The third-order valence-electron chi connectivity index (χ3n) is 2.82. The number of carbonyl (C=O) groups excluding carboxylic acids is 1. The highest BCUT2D eigenvalue weighted by Crippen LogP contribution is 2.13. The predicted octanol–water partition coefficient (Wildman–Crippen LogP) is 1.25. The topological polar surface area (TPSA) is 54.0 Å². The van der Waals surface area contributed by atoms with Gasteiger partial charge in [-0.25, -0.2) is 0 Å². The van der Waals surface area contributed by atoms with Crippen LogP contribution in [0.5, 0.6) is 0 Å². The average molecular weight is 235 g/mol. The number of nitrogens with one attached hydrogen (secondary N) is 2. The van der Waals surface area contributed by atoms with E-state index < -0.39 is 5.41 Å². The summed E-state index contributed by atoms with van der Waals surface area (Å²) in [5.74, 6) is 0.0442. The molecule has 0 bridgehead atoms. The van der Waals surface area contributed by atoms with Gasteiger partial charge in [-0.2, -0.15) is 0 Å². The summed E-state index contributed by atoms with van der Waals surface area (Å²) >= 11 is 0. The quantitative estimate of drug-likeness (QED) is 0.807. The smallest absolute Gasteiger partial charge is 0.226 e. The first-order chi connectivity index (χ1) is 7.97. The van der Waals surface area contributed by atoms with E-state index in [1.54, 1.807) is 13.2 Å². The summed E-state index contributed by atoms with van der Waals surface area (Å²) in [6, 6.07) is 3.96. The molecule has 0 aliphatic rings. The van der Waals surface area contributed by atoms with Crippen LogP contribution >= 0.6 is 0 Å². The summed E-state index contributed by atoms with van der Waals surface area (Å²) < 4.78 is 0. The monoisotopic (exact) mass is 235 g/mol. The van der Waals surface area contributed by atoms with Crippen molar-refractivity contribution in [1.29, 1.82) is 0 Å². The number of hydrogen-bond donors (Lipinski definition) is 2. The van der Waals surface area contributed by atoms with Gasteiger partial charge in [-0.15, -0.1) is 0 Å². The summed E-state index contributed by atoms with van der Waals surface area (Å²) in [4.78, 5) is 15.9. The van der Waals surface area contributed by atoms with Gasteiger partial charge in [0.05, 0.1) is 11.1 Å². The number of carbonyl (C=O) groups is 1. The molecule has 0 atom stereocenters. The molecular formula is C13H21N3O. The van der Waals surface area contributed by atoms with Crippen LogP contribution in [-0.2, 0) is 11.3 Å². The van der Waals surface area contributed by atoms with Crippen LogP contribution in [0.15, 0.2) is 18.3 Å². The Kier molecular flexibility index (Phi) is 4.63. The number of amides is 1. The van der Waals surface area contributed by atoms with Gasteiger partial charge in [-0.1, -0.05) is 6.07 Å². The normalized spacial score (nSPS) is 11.3. The molecular weight excluding hydrogens is 214 g/mol. The molecule has 2 N–H and O–H groups in total. The molecule has 0 fully saturated rings. The van der Waals surface area contributed by atoms with Crippen molar-refractivity contribution in [2.45, 2.75) is 27.3 Å². The lowest BCUT2D eigenvalue weighted by molar-refractivity contribution is -0.128. The Morgan fingerprint density at radius 1 is 1.47 bits per heavy atom. The number of pyridine rings is 1. The standard InChI is InChI=1S/C13H21N3O/c1-10-6-5-7-16-11(10)8-15-9-13(2,3)12(17)14-4/h5-7,15H,8-9H2,1-4H3,(H,14,17). The number of hydrogen-bond acceptors (Lipinski definition) is 3. The molecule has 17 heavy (non-hydrogen) atoms. The zero-order valence-electron chi connectivity index (χ0n) is 11.0. The summed E-state index contributed by atoms with van der Waals surface area (Å²) in [5.41, 5.74) is 1.79. The maximum Gasteiger partial charge on any atom is 0.226 e. The fraction of sp³-hybridized carbons (Fsp3) is 0.538. The largest absolute Gasteiger partial charge is 0.359 e. The van der Waals surface area contributed by atoms with Crippen molar-refractivity contribution in [2.24, 2.45) is 5.41 Å². The number of aromatic nitrogens is 1. The molecule has 0 saturated carbocycles. The van der Waals surface area contributed by atoms with Crippen LogP contribution in [0.2, 0.25) is 0 Å². The molecule has 4 heteroatoms. The second kappa shape index (κ2) is 5.77. The van der Waals surface area contributed by atoms with E-state index in [1.807, 2.05) is 32.9 Å². The minimum absolute atomic E-state index is 0.0442. The van der Waals surface area contributed by atoms with Gasteiger partial charge in [0.15, 0.2) is 0 Å².